The second-order valence-electron chi connectivity index (χ2n) is 12.9. The topological polar surface area (TPSA) is 111 Å². The molecule has 44 heavy (non-hydrogen) atoms. The largest absolute Gasteiger partial charge is 0.496 e. The van der Waals surface area contributed by atoms with Crippen molar-refractivity contribution in [1.82, 2.24) is 19.4 Å². The third kappa shape index (κ3) is 5.31. The predicted octanol–water partition coefficient (Wildman–Crippen LogP) is 5.45. The molecule has 1 aliphatic carbocycles. The highest BCUT2D eigenvalue weighted by Crippen LogP contribution is 2.49. The fourth-order valence-electron chi connectivity index (χ4n) is 7.58. The molecule has 0 amide bonds. The molecule has 3 aliphatic rings. The summed E-state index contributed by atoms with van der Waals surface area (Å²) in [5, 5.41) is 14.4. The summed E-state index contributed by atoms with van der Waals surface area (Å²) >= 11 is 0. The van der Waals surface area contributed by atoms with Gasteiger partial charge in [-0.25, -0.2) is 4.98 Å². The van der Waals surface area contributed by atoms with E-state index in [9.17, 15) is 5.11 Å². The van der Waals surface area contributed by atoms with Crippen LogP contribution in [0.1, 0.15) is 56.6 Å². The second-order valence-corrected chi connectivity index (χ2v) is 12.9. The van der Waals surface area contributed by atoms with Crippen molar-refractivity contribution in [3.63, 3.8) is 0 Å². The van der Waals surface area contributed by atoms with Crippen LogP contribution >= 0.6 is 0 Å². The minimum atomic E-state index is 0.0791. The Balaban J connectivity index is 1.24. The van der Waals surface area contributed by atoms with Gasteiger partial charge in [0.1, 0.15) is 16.8 Å². The number of rotatable bonds is 11. The van der Waals surface area contributed by atoms with Crippen LogP contribution in [-0.2, 0) is 11.3 Å². The Kier molecular flexibility index (Phi) is 7.95. The van der Waals surface area contributed by atoms with Gasteiger partial charge < -0.3 is 30.2 Å². The summed E-state index contributed by atoms with van der Waals surface area (Å²) in [6.45, 7) is 6.85. The van der Waals surface area contributed by atoms with Crippen LogP contribution in [0.5, 0.6) is 5.75 Å². The fourth-order valence-corrected chi connectivity index (χ4v) is 7.58. The van der Waals surface area contributed by atoms with Crippen molar-refractivity contribution < 1.29 is 14.6 Å². The van der Waals surface area contributed by atoms with Gasteiger partial charge in [0.2, 0.25) is 5.95 Å². The third-order valence-electron chi connectivity index (χ3n) is 9.91. The molecule has 232 valence electrons. The Labute approximate surface area is 259 Å². The van der Waals surface area contributed by atoms with Crippen LogP contribution in [0.15, 0.2) is 48.5 Å². The van der Waals surface area contributed by atoms with Gasteiger partial charge in [-0.1, -0.05) is 43.7 Å². The van der Waals surface area contributed by atoms with Crippen molar-refractivity contribution in [3.05, 3.63) is 59.7 Å². The molecule has 4 heterocycles. The summed E-state index contributed by atoms with van der Waals surface area (Å²) in [5.74, 6) is 1.79. The van der Waals surface area contributed by atoms with Crippen LogP contribution < -0.4 is 15.8 Å². The lowest BCUT2D eigenvalue weighted by molar-refractivity contribution is -0.183. The maximum Gasteiger partial charge on any atom is 0.222 e. The van der Waals surface area contributed by atoms with E-state index >= 15 is 0 Å². The molecule has 0 bridgehead atoms. The number of nitrogen functional groups attached to an aromatic ring is 1. The molecule has 2 aromatic carbocycles. The monoisotopic (exact) mass is 596 g/mol. The van der Waals surface area contributed by atoms with Gasteiger partial charge >= 0.3 is 0 Å². The van der Waals surface area contributed by atoms with E-state index < -0.39 is 0 Å². The summed E-state index contributed by atoms with van der Waals surface area (Å²) < 4.78 is 13.7. The molecular formula is C35H44N6O3. The first-order valence-corrected chi connectivity index (χ1v) is 16.1. The lowest BCUT2D eigenvalue weighted by Gasteiger charge is -2.56. The zero-order valence-corrected chi connectivity index (χ0v) is 25.9. The van der Waals surface area contributed by atoms with Gasteiger partial charge in [0.25, 0.3) is 0 Å². The summed E-state index contributed by atoms with van der Waals surface area (Å²) in [5.41, 5.74) is 13.3. The van der Waals surface area contributed by atoms with Gasteiger partial charge in [0.15, 0.2) is 5.82 Å². The average molecular weight is 597 g/mol. The molecule has 9 nitrogen and oxygen atoms in total. The fraction of sp³-hybridized carbons (Fsp3) is 0.486. The number of anilines is 2. The Bertz CT molecular complexity index is 1680. The normalized spacial score (nSPS) is 19.1. The third-order valence-corrected chi connectivity index (χ3v) is 9.91. The highest BCUT2D eigenvalue weighted by atomic mass is 16.5. The number of benzene rings is 2. The molecule has 2 aromatic heterocycles. The molecule has 4 aromatic rings. The molecule has 0 radical (unpaired) electrons. The number of nitrogens with zero attached hydrogens (tertiary/aromatic N) is 4. The highest BCUT2D eigenvalue weighted by molar-refractivity contribution is 6.09. The Morgan fingerprint density at radius 2 is 2.00 bits per heavy atom. The Hall–Kier alpha value is -3.66. The number of ether oxygens (including phenoxy) is 2. The molecule has 9 heteroatoms. The molecule has 0 unspecified atom stereocenters. The summed E-state index contributed by atoms with van der Waals surface area (Å²) in [4.78, 5) is 12.1. The minimum absolute atomic E-state index is 0.0791. The van der Waals surface area contributed by atoms with Gasteiger partial charge in [-0.15, -0.1) is 0 Å². The molecule has 1 spiro atoms. The van der Waals surface area contributed by atoms with Crippen molar-refractivity contribution >= 4 is 39.3 Å². The van der Waals surface area contributed by atoms with Crippen LogP contribution in [0.25, 0.3) is 27.5 Å². The number of fused-ring (bicyclic) bond motifs is 3. The van der Waals surface area contributed by atoms with E-state index in [1.807, 2.05) is 6.07 Å². The average Bonchev–Trinajstić information content (AvgIpc) is 3.29. The van der Waals surface area contributed by atoms with Crippen molar-refractivity contribution in [1.29, 1.82) is 0 Å². The van der Waals surface area contributed by atoms with Crippen LogP contribution in [0.2, 0.25) is 0 Å². The summed E-state index contributed by atoms with van der Waals surface area (Å²) in [6, 6.07) is 15.7. The molecule has 4 N–H and O–H groups in total. The van der Waals surface area contributed by atoms with Crippen LogP contribution in [-0.4, -0.2) is 76.6 Å². The first-order valence-electron chi connectivity index (χ1n) is 16.1. The van der Waals surface area contributed by atoms with Gasteiger partial charge in [0, 0.05) is 48.1 Å². The number of nitrogens with two attached hydrogens (primary N) is 1. The quantitative estimate of drug-likeness (QED) is 0.210. The van der Waals surface area contributed by atoms with Crippen LogP contribution in [0.4, 0.5) is 11.8 Å². The predicted molar refractivity (Wildman–Crippen MR) is 176 cm³/mol. The van der Waals surface area contributed by atoms with E-state index in [0.717, 1.165) is 78.8 Å². The van der Waals surface area contributed by atoms with E-state index in [4.69, 9.17) is 25.2 Å². The van der Waals surface area contributed by atoms with Crippen LogP contribution in [0.3, 0.4) is 0 Å². The van der Waals surface area contributed by atoms with Gasteiger partial charge in [-0.3, -0.25) is 4.90 Å². The van der Waals surface area contributed by atoms with Crippen molar-refractivity contribution in [2.24, 2.45) is 5.41 Å². The first kappa shape index (κ1) is 29.1. The molecular weight excluding hydrogens is 552 g/mol. The van der Waals surface area contributed by atoms with Gasteiger partial charge in [-0.2, -0.15) is 4.98 Å². The van der Waals surface area contributed by atoms with Gasteiger partial charge in [-0.05, 0) is 61.4 Å². The number of methoxy groups -OCH3 is 1. The number of hydrogen-bond acceptors (Lipinski definition) is 8. The molecule has 1 saturated carbocycles. The van der Waals surface area contributed by atoms with E-state index in [1.54, 1.807) is 7.11 Å². The maximum absolute atomic E-state index is 9.74. The lowest BCUT2D eigenvalue weighted by Crippen LogP contribution is -2.60. The summed E-state index contributed by atoms with van der Waals surface area (Å²) in [6.07, 6.45) is 8.57. The number of nitrogens with one attached hydrogen (secondary N) is 1. The Morgan fingerprint density at radius 3 is 2.75 bits per heavy atom. The Morgan fingerprint density at radius 1 is 1.16 bits per heavy atom. The minimum Gasteiger partial charge on any atom is -0.496 e. The number of aliphatic hydroxyl groups excluding tert-OH is 1. The first-order chi connectivity index (χ1) is 21.5. The van der Waals surface area contributed by atoms with E-state index in [0.29, 0.717) is 30.2 Å². The van der Waals surface area contributed by atoms with Gasteiger partial charge in [0.05, 0.1) is 32.4 Å². The zero-order valence-electron chi connectivity index (χ0n) is 25.9. The molecule has 1 saturated heterocycles. The maximum atomic E-state index is 9.74. The van der Waals surface area contributed by atoms with E-state index in [1.165, 1.54) is 24.0 Å². The number of aromatic nitrogens is 3. The van der Waals surface area contributed by atoms with E-state index in [-0.39, 0.29) is 18.6 Å². The van der Waals surface area contributed by atoms with E-state index in [2.05, 4.69) is 64.2 Å². The zero-order chi connectivity index (χ0) is 30.3. The standard InChI is InChI=1S/C35H44N6O3/c1-3-7-26(13-15-42)37-33-32-31(38-34(36)39-33)28-9-4-5-10-29(28)41(32)20-25-16-23(11-12-30(25)43-2)24-8-6-14-40(19-24)27-17-35(18-27)21-44-22-35/h4-5,8-12,16,26-27,42H,3,6-7,13-15,17-22H2,1-2H3,(H3,36,37,38,39)/t26-/m0/s1. The second kappa shape index (κ2) is 12.0. The molecule has 7 rings (SSSR count). The van der Waals surface area contributed by atoms with Crippen molar-refractivity contribution in [3.8, 4) is 5.75 Å². The number of aliphatic hydroxyl groups is 1. The summed E-state index contributed by atoms with van der Waals surface area (Å²) in [7, 11) is 1.74. The highest BCUT2D eigenvalue weighted by Gasteiger charge is 2.51. The SMILES string of the molecule is CCC[C@@H](CCO)Nc1nc(N)nc2c3ccccc3n(Cc3cc(C4=CCCN(C5CC6(COC6)C5)C4)ccc3OC)c12. The van der Waals surface area contributed by atoms with Crippen molar-refractivity contribution in [2.75, 3.05) is 51.1 Å². The molecule has 2 aliphatic heterocycles. The molecule has 2 fully saturated rings. The lowest BCUT2D eigenvalue weighted by atomic mass is 9.63. The number of hydrogen-bond donors (Lipinski definition) is 3. The van der Waals surface area contributed by atoms with Crippen molar-refractivity contribution in [2.45, 2.75) is 64.1 Å². The number of para-hydroxylation sites is 1. The smallest absolute Gasteiger partial charge is 0.222 e. The van der Waals surface area contributed by atoms with Crippen LogP contribution in [0, 0.1) is 5.41 Å². The molecule has 1 atom stereocenters.